The van der Waals surface area contributed by atoms with Gasteiger partial charge in [0.05, 0.1) is 4.92 Å². The molecule has 1 aromatic carbocycles. The summed E-state index contributed by atoms with van der Waals surface area (Å²) in [5.41, 5.74) is -0.396. The van der Waals surface area contributed by atoms with Gasteiger partial charge in [0.1, 0.15) is 11.4 Å². The Morgan fingerprint density at radius 3 is 2.65 bits per heavy atom. The van der Waals surface area contributed by atoms with E-state index in [0.717, 1.165) is 12.1 Å². The number of nitrogens with zero attached hydrogens (tertiary/aromatic N) is 2. The molecule has 0 aliphatic carbocycles. The number of hydrogen-bond donors (Lipinski definition) is 0. The largest absolute Gasteiger partial charge is 0.338 e. The van der Waals surface area contributed by atoms with E-state index >= 15 is 0 Å². The summed E-state index contributed by atoms with van der Waals surface area (Å²) in [7, 11) is 1.56. The van der Waals surface area contributed by atoms with Gasteiger partial charge in [-0.05, 0) is 32.2 Å². The second-order valence-electron chi connectivity index (χ2n) is 4.60. The lowest BCUT2D eigenvalue weighted by atomic mass is 10.1. The molecule has 0 N–H and O–H groups in total. The number of nitro benzene ring substituents is 1. The standard InChI is InChI=1S/C13H17FN2O3S/c1-8-5-10(14)6-11(12(8)16(18)19)13(17)15(3)9(2)7-20-4/h5-6,9H,7H2,1-4H3. The van der Waals surface area contributed by atoms with Crippen LogP contribution in [-0.4, -0.2) is 40.8 Å². The molecule has 0 aliphatic heterocycles. The van der Waals surface area contributed by atoms with Gasteiger partial charge in [0.2, 0.25) is 0 Å². The van der Waals surface area contributed by atoms with Crippen LogP contribution in [0.5, 0.6) is 0 Å². The Kier molecular flexibility index (Phi) is 5.50. The third kappa shape index (κ3) is 3.47. The molecule has 20 heavy (non-hydrogen) atoms. The lowest BCUT2D eigenvalue weighted by Gasteiger charge is -2.24. The number of thioether (sulfide) groups is 1. The van der Waals surface area contributed by atoms with E-state index in [1.807, 2.05) is 13.2 Å². The number of benzene rings is 1. The van der Waals surface area contributed by atoms with E-state index in [1.165, 1.54) is 11.8 Å². The van der Waals surface area contributed by atoms with Gasteiger partial charge >= 0.3 is 0 Å². The molecular formula is C13H17FN2O3S. The average molecular weight is 300 g/mol. The minimum atomic E-state index is -0.651. The third-order valence-electron chi connectivity index (χ3n) is 3.07. The molecule has 0 radical (unpaired) electrons. The van der Waals surface area contributed by atoms with E-state index in [0.29, 0.717) is 5.75 Å². The van der Waals surface area contributed by atoms with Crippen molar-refractivity contribution in [2.45, 2.75) is 19.9 Å². The second kappa shape index (κ2) is 6.69. The van der Waals surface area contributed by atoms with Crippen LogP contribution in [0, 0.1) is 22.9 Å². The minimum absolute atomic E-state index is 0.0966. The molecule has 0 bridgehead atoms. The van der Waals surface area contributed by atoms with Gasteiger partial charge < -0.3 is 4.90 Å². The molecule has 0 spiro atoms. The van der Waals surface area contributed by atoms with Gasteiger partial charge in [-0.25, -0.2) is 4.39 Å². The molecule has 0 aliphatic rings. The first-order chi connectivity index (χ1) is 9.29. The molecule has 0 saturated heterocycles. The van der Waals surface area contributed by atoms with Crippen molar-refractivity contribution in [2.75, 3.05) is 19.1 Å². The average Bonchev–Trinajstić information content (AvgIpc) is 2.35. The fourth-order valence-corrected chi connectivity index (χ4v) is 2.59. The van der Waals surface area contributed by atoms with E-state index in [9.17, 15) is 19.3 Å². The lowest BCUT2D eigenvalue weighted by Crippen LogP contribution is -2.37. The van der Waals surface area contributed by atoms with Crippen LogP contribution in [0.25, 0.3) is 0 Å². The highest BCUT2D eigenvalue weighted by atomic mass is 32.2. The summed E-state index contributed by atoms with van der Waals surface area (Å²) in [4.78, 5) is 24.2. The molecule has 0 saturated carbocycles. The first-order valence-electron chi connectivity index (χ1n) is 6.00. The van der Waals surface area contributed by atoms with Crippen molar-refractivity contribution in [3.8, 4) is 0 Å². The van der Waals surface area contributed by atoms with Gasteiger partial charge in [-0.15, -0.1) is 0 Å². The normalized spacial score (nSPS) is 12.1. The number of amides is 1. The Bertz CT molecular complexity index is 537. The van der Waals surface area contributed by atoms with Gasteiger partial charge in [0.15, 0.2) is 0 Å². The molecule has 0 aromatic heterocycles. The second-order valence-corrected chi connectivity index (χ2v) is 5.51. The maximum atomic E-state index is 13.4. The van der Waals surface area contributed by atoms with E-state index in [1.54, 1.807) is 18.8 Å². The van der Waals surface area contributed by atoms with E-state index in [2.05, 4.69) is 0 Å². The zero-order chi connectivity index (χ0) is 15.4. The van der Waals surface area contributed by atoms with E-state index in [4.69, 9.17) is 0 Å². The summed E-state index contributed by atoms with van der Waals surface area (Å²) in [6, 6.07) is 1.89. The zero-order valence-corrected chi connectivity index (χ0v) is 12.7. The fourth-order valence-electron chi connectivity index (χ4n) is 1.88. The number of halogens is 1. The molecule has 1 aromatic rings. The van der Waals surface area contributed by atoms with Crippen molar-refractivity contribution in [2.24, 2.45) is 0 Å². The van der Waals surface area contributed by atoms with Crippen molar-refractivity contribution in [1.29, 1.82) is 0 Å². The van der Waals surface area contributed by atoms with Gasteiger partial charge in [0.25, 0.3) is 11.6 Å². The van der Waals surface area contributed by atoms with Crippen LogP contribution in [0.1, 0.15) is 22.8 Å². The molecule has 0 heterocycles. The van der Waals surface area contributed by atoms with Crippen LogP contribution in [-0.2, 0) is 0 Å². The van der Waals surface area contributed by atoms with Crippen LogP contribution in [0.2, 0.25) is 0 Å². The smallest absolute Gasteiger partial charge is 0.285 e. The lowest BCUT2D eigenvalue weighted by molar-refractivity contribution is -0.385. The first-order valence-corrected chi connectivity index (χ1v) is 7.39. The number of aryl methyl sites for hydroxylation is 1. The van der Waals surface area contributed by atoms with Gasteiger partial charge in [-0.3, -0.25) is 14.9 Å². The summed E-state index contributed by atoms with van der Waals surface area (Å²) in [5.74, 6) is -0.493. The number of nitro groups is 1. The summed E-state index contributed by atoms with van der Waals surface area (Å²) in [5, 5.41) is 11.1. The molecule has 1 amide bonds. The Morgan fingerprint density at radius 1 is 1.55 bits per heavy atom. The van der Waals surface area contributed by atoms with E-state index in [-0.39, 0.29) is 22.9 Å². The molecular weight excluding hydrogens is 283 g/mol. The highest BCUT2D eigenvalue weighted by molar-refractivity contribution is 7.98. The van der Waals surface area contributed by atoms with Gasteiger partial charge in [-0.1, -0.05) is 0 Å². The monoisotopic (exact) mass is 300 g/mol. The first kappa shape index (κ1) is 16.4. The van der Waals surface area contributed by atoms with E-state index < -0.39 is 16.6 Å². The van der Waals surface area contributed by atoms with Crippen molar-refractivity contribution in [1.82, 2.24) is 4.90 Å². The topological polar surface area (TPSA) is 63.5 Å². The van der Waals surface area contributed by atoms with Crippen molar-refractivity contribution in [3.05, 3.63) is 39.2 Å². The quantitative estimate of drug-likeness (QED) is 0.619. The maximum absolute atomic E-state index is 13.4. The molecule has 110 valence electrons. The Balaban J connectivity index is 3.24. The SMILES string of the molecule is CSCC(C)N(C)C(=O)c1cc(F)cc(C)c1[N+](=O)[O-]. The van der Waals surface area contributed by atoms with Crippen LogP contribution in [0.3, 0.4) is 0 Å². The maximum Gasteiger partial charge on any atom is 0.285 e. The van der Waals surface area contributed by atoms with Crippen LogP contribution in [0.4, 0.5) is 10.1 Å². The highest BCUT2D eigenvalue weighted by Gasteiger charge is 2.28. The summed E-state index contributed by atoms with van der Waals surface area (Å²) in [6.07, 6.45) is 1.91. The zero-order valence-electron chi connectivity index (χ0n) is 11.8. The molecule has 1 rings (SSSR count). The van der Waals surface area contributed by atoms with Crippen LogP contribution >= 0.6 is 11.8 Å². The summed E-state index contributed by atoms with van der Waals surface area (Å²) < 4.78 is 13.4. The number of carbonyl (C=O) groups excluding carboxylic acids is 1. The number of hydrogen-bond acceptors (Lipinski definition) is 4. The molecule has 0 fully saturated rings. The van der Waals surface area contributed by atoms with Gasteiger partial charge in [0, 0.05) is 24.4 Å². The Labute approximate surface area is 121 Å². The highest BCUT2D eigenvalue weighted by Crippen LogP contribution is 2.26. The molecule has 1 unspecified atom stereocenters. The van der Waals surface area contributed by atoms with Crippen molar-refractivity contribution in [3.63, 3.8) is 0 Å². The molecule has 7 heteroatoms. The van der Waals surface area contributed by atoms with Crippen molar-refractivity contribution >= 4 is 23.4 Å². The summed E-state index contributed by atoms with van der Waals surface area (Å²) >= 11 is 1.57. The van der Waals surface area contributed by atoms with Crippen molar-refractivity contribution < 1.29 is 14.1 Å². The van der Waals surface area contributed by atoms with Gasteiger partial charge in [-0.2, -0.15) is 11.8 Å². The van der Waals surface area contributed by atoms with Crippen LogP contribution in [0.15, 0.2) is 12.1 Å². The molecule has 5 nitrogen and oxygen atoms in total. The Hall–Kier alpha value is -1.63. The predicted molar refractivity (Wildman–Crippen MR) is 77.7 cm³/mol. The Morgan fingerprint density at radius 2 is 2.15 bits per heavy atom. The number of rotatable bonds is 5. The summed E-state index contributed by atoms with van der Waals surface area (Å²) in [6.45, 7) is 3.26. The fraction of sp³-hybridized carbons (Fsp3) is 0.462. The number of carbonyl (C=O) groups is 1. The molecule has 1 atom stereocenters. The third-order valence-corrected chi connectivity index (χ3v) is 3.88. The predicted octanol–water partition coefficient (Wildman–Crippen LogP) is 2.87. The minimum Gasteiger partial charge on any atom is -0.338 e. The van der Waals surface area contributed by atoms with Crippen LogP contribution < -0.4 is 0 Å².